The zero-order chi connectivity index (χ0) is 24.1. The molecule has 0 unspecified atom stereocenters. The van der Waals surface area contributed by atoms with Crippen LogP contribution in [0.1, 0.15) is 26.4 Å². The highest BCUT2D eigenvalue weighted by atomic mass is 79.9. The topological polar surface area (TPSA) is 68.2 Å². The molecule has 0 aliphatic heterocycles. The lowest BCUT2D eigenvalue weighted by atomic mass is 10.1. The lowest BCUT2D eigenvalue weighted by Gasteiger charge is -2.09. The average molecular weight is 576 g/mol. The zero-order valence-corrected chi connectivity index (χ0v) is 22.0. The fraction of sp³-hybridized carbons (Fsp3) is 0.125. The van der Waals surface area contributed by atoms with Crippen LogP contribution in [0.15, 0.2) is 71.3 Å². The standard InChI is InChI=1S/C24H20BrClN4O2S2/c1-32-23(31)18-12-17(11-15-7-3-2-4-8-15)34-22(18)28-24(33)27-21-19(25)14-30(29-21)13-16-9-5-6-10-20(16)26/h2-10,12,14H,11,13H2,1H3,(H2,27,28,29,33). The Balaban J connectivity index is 1.47. The van der Waals surface area contributed by atoms with Crippen LogP contribution in [0.5, 0.6) is 0 Å². The van der Waals surface area contributed by atoms with Gasteiger partial charge in [-0.15, -0.1) is 11.3 Å². The van der Waals surface area contributed by atoms with Crippen molar-refractivity contribution >= 4 is 73.0 Å². The fourth-order valence-corrected chi connectivity index (χ4v) is 5.24. The largest absolute Gasteiger partial charge is 0.465 e. The molecular weight excluding hydrogens is 556 g/mol. The van der Waals surface area contributed by atoms with Crippen molar-refractivity contribution in [2.45, 2.75) is 13.0 Å². The Kier molecular flexibility index (Phi) is 7.99. The normalized spacial score (nSPS) is 10.7. The Hall–Kier alpha value is -2.72. The van der Waals surface area contributed by atoms with E-state index in [0.29, 0.717) is 39.5 Å². The van der Waals surface area contributed by atoms with Crippen LogP contribution in [0.2, 0.25) is 5.02 Å². The first-order chi connectivity index (χ1) is 16.4. The van der Waals surface area contributed by atoms with Crippen molar-refractivity contribution in [3.05, 3.63) is 97.9 Å². The van der Waals surface area contributed by atoms with Crippen LogP contribution >= 0.6 is 51.1 Å². The lowest BCUT2D eigenvalue weighted by Crippen LogP contribution is -2.20. The second-order valence-electron chi connectivity index (χ2n) is 7.30. The molecule has 4 aromatic rings. The molecule has 0 atom stereocenters. The van der Waals surface area contributed by atoms with E-state index >= 15 is 0 Å². The van der Waals surface area contributed by atoms with Gasteiger partial charge in [0, 0.05) is 22.5 Å². The molecule has 0 saturated heterocycles. The number of nitrogens with zero attached hydrogens (tertiary/aromatic N) is 2. The Labute approximate surface area is 220 Å². The highest BCUT2D eigenvalue weighted by molar-refractivity contribution is 9.10. The van der Waals surface area contributed by atoms with Gasteiger partial charge in [0.1, 0.15) is 5.00 Å². The Morgan fingerprint density at radius 1 is 1.18 bits per heavy atom. The third-order valence-electron chi connectivity index (χ3n) is 4.88. The molecule has 0 aliphatic rings. The van der Waals surface area contributed by atoms with Crippen molar-refractivity contribution in [2.75, 3.05) is 17.7 Å². The van der Waals surface area contributed by atoms with Crippen LogP contribution in [-0.2, 0) is 17.7 Å². The number of carbonyl (C=O) groups is 1. The van der Waals surface area contributed by atoms with Crippen molar-refractivity contribution in [1.29, 1.82) is 0 Å². The van der Waals surface area contributed by atoms with Crippen molar-refractivity contribution in [3.63, 3.8) is 0 Å². The smallest absolute Gasteiger partial charge is 0.340 e. The third-order valence-corrected chi connectivity index (χ3v) is 7.08. The number of halogens is 2. The molecule has 2 aromatic heterocycles. The summed E-state index contributed by atoms with van der Waals surface area (Å²) in [6.45, 7) is 0.514. The molecular formula is C24H20BrClN4O2S2. The van der Waals surface area contributed by atoms with Crippen LogP contribution < -0.4 is 10.6 Å². The highest BCUT2D eigenvalue weighted by Gasteiger charge is 2.19. The number of aromatic nitrogens is 2. The van der Waals surface area contributed by atoms with E-state index in [2.05, 4.69) is 31.7 Å². The molecule has 0 bridgehead atoms. The predicted octanol–water partition coefficient (Wildman–Crippen LogP) is 6.60. The highest BCUT2D eigenvalue weighted by Crippen LogP contribution is 2.31. The minimum atomic E-state index is -0.425. The molecule has 0 spiro atoms. The Morgan fingerprint density at radius 3 is 2.65 bits per heavy atom. The third kappa shape index (κ3) is 6.04. The van der Waals surface area contributed by atoms with Gasteiger partial charge >= 0.3 is 5.97 Å². The minimum Gasteiger partial charge on any atom is -0.465 e. The van der Waals surface area contributed by atoms with Crippen molar-refractivity contribution in [3.8, 4) is 0 Å². The number of rotatable bonds is 7. The average Bonchev–Trinajstić information content (AvgIpc) is 3.37. The van der Waals surface area contributed by atoms with E-state index < -0.39 is 5.97 Å². The summed E-state index contributed by atoms with van der Waals surface area (Å²) >= 11 is 16.7. The number of methoxy groups -OCH3 is 1. The molecule has 2 heterocycles. The molecule has 0 fully saturated rings. The summed E-state index contributed by atoms with van der Waals surface area (Å²) in [6, 6.07) is 19.5. The number of thiocarbonyl (C=S) groups is 1. The summed E-state index contributed by atoms with van der Waals surface area (Å²) < 4.78 is 7.47. The number of hydrogen-bond acceptors (Lipinski definition) is 5. The van der Waals surface area contributed by atoms with Crippen LogP contribution in [0, 0.1) is 0 Å². The van der Waals surface area contributed by atoms with Gasteiger partial charge < -0.3 is 15.4 Å². The molecule has 6 nitrogen and oxygen atoms in total. The summed E-state index contributed by atoms with van der Waals surface area (Å²) in [6.07, 6.45) is 2.55. The fourth-order valence-electron chi connectivity index (χ4n) is 3.29. The molecule has 10 heteroatoms. The number of esters is 1. The van der Waals surface area contributed by atoms with E-state index in [-0.39, 0.29) is 0 Å². The van der Waals surface area contributed by atoms with Crippen molar-refractivity contribution in [2.24, 2.45) is 0 Å². The van der Waals surface area contributed by atoms with Crippen LogP contribution in [0.3, 0.4) is 0 Å². The number of ether oxygens (including phenoxy) is 1. The summed E-state index contributed by atoms with van der Waals surface area (Å²) in [5.74, 6) is 0.122. The predicted molar refractivity (Wildman–Crippen MR) is 145 cm³/mol. The van der Waals surface area contributed by atoms with Gasteiger partial charge in [-0.05, 0) is 51.4 Å². The van der Waals surface area contributed by atoms with Crippen LogP contribution in [0.25, 0.3) is 0 Å². The second kappa shape index (κ2) is 11.1. The number of carbonyl (C=O) groups excluding carboxylic acids is 1. The lowest BCUT2D eigenvalue weighted by molar-refractivity contribution is 0.0602. The van der Waals surface area contributed by atoms with Crippen LogP contribution in [-0.4, -0.2) is 28.0 Å². The van der Waals surface area contributed by atoms with E-state index in [0.717, 1.165) is 20.5 Å². The van der Waals surface area contributed by atoms with E-state index in [1.165, 1.54) is 18.4 Å². The number of nitrogens with one attached hydrogen (secondary N) is 2. The summed E-state index contributed by atoms with van der Waals surface area (Å²) in [5, 5.41) is 12.4. The first-order valence-corrected chi connectivity index (χ1v) is 12.6. The SMILES string of the molecule is COC(=O)c1cc(Cc2ccccc2)sc1NC(=S)Nc1nn(Cc2ccccc2Cl)cc1Br. The molecule has 34 heavy (non-hydrogen) atoms. The van der Waals surface area contributed by atoms with Gasteiger partial charge in [0.25, 0.3) is 0 Å². The van der Waals surface area contributed by atoms with Crippen molar-refractivity contribution < 1.29 is 9.53 Å². The Morgan fingerprint density at radius 2 is 1.91 bits per heavy atom. The maximum absolute atomic E-state index is 12.3. The number of benzene rings is 2. The van der Waals surface area contributed by atoms with E-state index in [9.17, 15) is 4.79 Å². The molecule has 0 amide bonds. The van der Waals surface area contributed by atoms with Gasteiger partial charge in [0.15, 0.2) is 10.9 Å². The van der Waals surface area contributed by atoms with Gasteiger partial charge in [0.2, 0.25) is 0 Å². The minimum absolute atomic E-state index is 0.307. The van der Waals surface area contributed by atoms with E-state index in [4.69, 9.17) is 28.6 Å². The quantitative estimate of drug-likeness (QED) is 0.191. The van der Waals surface area contributed by atoms with Gasteiger partial charge in [-0.2, -0.15) is 5.10 Å². The maximum Gasteiger partial charge on any atom is 0.340 e. The summed E-state index contributed by atoms with van der Waals surface area (Å²) in [7, 11) is 1.36. The molecule has 2 aromatic carbocycles. The van der Waals surface area contributed by atoms with Gasteiger partial charge in [-0.1, -0.05) is 60.1 Å². The molecule has 4 rings (SSSR count). The zero-order valence-electron chi connectivity index (χ0n) is 18.0. The van der Waals surface area contributed by atoms with Gasteiger partial charge in [-0.25, -0.2) is 4.79 Å². The van der Waals surface area contributed by atoms with Crippen molar-refractivity contribution in [1.82, 2.24) is 9.78 Å². The van der Waals surface area contributed by atoms with E-state index in [1.54, 1.807) is 4.68 Å². The maximum atomic E-state index is 12.3. The number of thiophene rings is 1. The first-order valence-electron chi connectivity index (χ1n) is 10.2. The molecule has 0 saturated carbocycles. The molecule has 0 aliphatic carbocycles. The monoisotopic (exact) mass is 574 g/mol. The van der Waals surface area contributed by atoms with Crippen LogP contribution in [0.4, 0.5) is 10.8 Å². The first kappa shape index (κ1) is 24.4. The van der Waals surface area contributed by atoms with E-state index in [1.807, 2.05) is 66.9 Å². The molecule has 0 radical (unpaired) electrons. The van der Waals surface area contributed by atoms with Gasteiger partial charge in [0.05, 0.1) is 23.7 Å². The molecule has 174 valence electrons. The second-order valence-corrected chi connectivity index (χ2v) is 10.1. The van der Waals surface area contributed by atoms with Gasteiger partial charge in [-0.3, -0.25) is 4.68 Å². The number of hydrogen-bond donors (Lipinski definition) is 2. The number of anilines is 2. The summed E-state index contributed by atoms with van der Waals surface area (Å²) in [5.41, 5.74) is 2.55. The Bertz CT molecular complexity index is 1320. The molecule has 2 N–H and O–H groups in total. The summed E-state index contributed by atoms with van der Waals surface area (Å²) in [4.78, 5) is 13.4.